The molecule has 0 aliphatic rings. The van der Waals surface area contributed by atoms with Crippen LogP contribution in [0.15, 0.2) is 0 Å². The summed E-state index contributed by atoms with van der Waals surface area (Å²) >= 11 is 0. The molecule has 0 fully saturated rings. The number of hydrogen-bond donors (Lipinski definition) is 5. The fraction of sp³-hybridized carbons (Fsp3) is 1.00. The minimum atomic E-state index is -0.815. The molecule has 0 saturated heterocycles. The van der Waals surface area contributed by atoms with Crippen molar-refractivity contribution in [2.75, 3.05) is 7.05 Å². The lowest BCUT2D eigenvalue weighted by atomic mass is 11.5. The smallest absolute Gasteiger partial charge is 0.137 e. The monoisotopic (exact) mass is 187 g/mol. The molecule has 0 heterocycles. The maximum atomic E-state index is 5.48. The number of nitrogens with one attached hydrogen (secondary N) is 4. The lowest BCUT2D eigenvalue weighted by Crippen LogP contribution is -2.34. The molecule has 0 aromatic rings. The van der Waals surface area contributed by atoms with Crippen LogP contribution in [-0.4, -0.2) is 7.05 Å². The fourth-order valence-electron chi connectivity index (χ4n) is 0.241. The molecule has 6 N–H and O–H groups in total. The molecule has 5 nitrogen and oxygen atoms in total. The molecule has 8 heteroatoms. The van der Waals surface area contributed by atoms with Gasteiger partial charge in [0.2, 0.25) is 0 Å². The molecule has 3 unspecified atom stereocenters. The molecule has 0 aliphatic heterocycles. The van der Waals surface area contributed by atoms with Gasteiger partial charge in [-0.05, 0) is 15.5 Å². The van der Waals surface area contributed by atoms with Gasteiger partial charge in [0.15, 0.2) is 0 Å². The van der Waals surface area contributed by atoms with Crippen molar-refractivity contribution in [3.8, 4) is 0 Å². The highest BCUT2D eigenvalue weighted by molar-refractivity contribution is 8.01. The molecular formula is CH12N5P3. The Balaban J connectivity index is 2.95. The average Bonchev–Trinajstić information content (AvgIpc) is 1.85. The summed E-state index contributed by atoms with van der Waals surface area (Å²) in [7, 11) is 4.08. The largest absolute Gasteiger partial charge is 0.283 e. The summed E-state index contributed by atoms with van der Waals surface area (Å²) in [5, 5.41) is 8.51. The van der Waals surface area contributed by atoms with Crippen LogP contribution in [-0.2, 0) is 0 Å². The normalized spacial score (nSPS) is 15.0. The molecule has 3 atom stereocenters. The van der Waals surface area contributed by atoms with Gasteiger partial charge < -0.3 is 0 Å². The highest BCUT2D eigenvalue weighted by atomic mass is 32.0. The van der Waals surface area contributed by atoms with Gasteiger partial charge in [-0.2, -0.15) is 0 Å². The van der Waals surface area contributed by atoms with E-state index < -0.39 is 8.37 Å². The molecule has 0 amide bonds. The lowest BCUT2D eigenvalue weighted by molar-refractivity contribution is 0.780. The Morgan fingerprint density at radius 2 is 2.22 bits per heavy atom. The van der Waals surface area contributed by atoms with Crippen molar-refractivity contribution in [2.24, 2.45) is 5.50 Å². The van der Waals surface area contributed by atoms with Crippen LogP contribution in [0.1, 0.15) is 0 Å². The summed E-state index contributed by atoms with van der Waals surface area (Å²) in [4.78, 5) is 0. The third-order valence-corrected chi connectivity index (χ3v) is 2.21. The van der Waals surface area contributed by atoms with Crippen molar-refractivity contribution in [2.45, 2.75) is 0 Å². The minimum absolute atomic E-state index is 0.579. The second-order valence-electron chi connectivity index (χ2n) is 1.11. The van der Waals surface area contributed by atoms with Crippen LogP contribution in [0.2, 0.25) is 0 Å². The van der Waals surface area contributed by atoms with Crippen LogP contribution in [0.3, 0.4) is 0 Å². The fourth-order valence-corrected chi connectivity index (χ4v) is 1.86. The van der Waals surface area contributed by atoms with Gasteiger partial charge in [0.1, 0.15) is 8.37 Å². The first-order chi connectivity index (χ1) is 4.31. The lowest BCUT2D eigenvalue weighted by Gasteiger charge is -2.12. The first kappa shape index (κ1) is 10.1. The standard InChI is InChI=1S/CH12N5P3/c1-3-5-9(2)6-4-8-7/h3-6,8H,2,7H2,1H3. The van der Waals surface area contributed by atoms with E-state index in [1.807, 2.05) is 0 Å². The number of hydrogen-bond acceptors (Lipinski definition) is 5. The summed E-state index contributed by atoms with van der Waals surface area (Å²) in [5.74, 6) is 0. The zero-order chi connectivity index (χ0) is 7.11. The van der Waals surface area contributed by atoms with Crippen molar-refractivity contribution in [3.05, 3.63) is 0 Å². The van der Waals surface area contributed by atoms with E-state index in [1.165, 1.54) is 0 Å². The molecule has 0 saturated carbocycles. The van der Waals surface area contributed by atoms with Crippen LogP contribution >= 0.6 is 25.7 Å². The Bertz CT molecular complexity index is 60.2. The molecule has 9 heavy (non-hydrogen) atoms. The SMILES string of the molecule is CNNP(N)NNPP. The van der Waals surface area contributed by atoms with Gasteiger partial charge in [-0.25, -0.2) is 15.6 Å². The summed E-state index contributed by atoms with van der Waals surface area (Å²) < 4.78 is 0. The third kappa shape index (κ3) is 6.98. The van der Waals surface area contributed by atoms with Crippen LogP contribution in [0.5, 0.6) is 0 Å². The van der Waals surface area contributed by atoms with Gasteiger partial charge in [0, 0.05) is 0 Å². The van der Waals surface area contributed by atoms with Crippen molar-refractivity contribution in [3.63, 3.8) is 0 Å². The zero-order valence-corrected chi connectivity index (χ0v) is 8.15. The highest BCUT2D eigenvalue weighted by Crippen LogP contribution is 2.15. The van der Waals surface area contributed by atoms with E-state index in [4.69, 9.17) is 5.50 Å². The Morgan fingerprint density at radius 1 is 1.56 bits per heavy atom. The van der Waals surface area contributed by atoms with E-state index >= 15 is 0 Å². The summed E-state index contributed by atoms with van der Waals surface area (Å²) in [5.41, 5.74) is 8.21. The summed E-state index contributed by atoms with van der Waals surface area (Å²) in [6, 6.07) is 0. The van der Waals surface area contributed by atoms with Crippen molar-refractivity contribution in [1.82, 2.24) is 21.0 Å². The second kappa shape index (κ2) is 7.20. The second-order valence-corrected chi connectivity index (χ2v) is 3.70. The molecule has 56 valence electrons. The molecule has 0 aromatic heterocycles. The third-order valence-electron chi connectivity index (χ3n) is 0.481. The number of hydrazine groups is 2. The van der Waals surface area contributed by atoms with Gasteiger partial charge >= 0.3 is 0 Å². The van der Waals surface area contributed by atoms with Crippen LogP contribution < -0.4 is 26.5 Å². The topological polar surface area (TPSA) is 74.1 Å². The van der Waals surface area contributed by atoms with Gasteiger partial charge in [-0.3, -0.25) is 10.9 Å². The van der Waals surface area contributed by atoms with Gasteiger partial charge in [0.05, 0.1) is 0 Å². The Morgan fingerprint density at radius 3 is 2.67 bits per heavy atom. The Labute approximate surface area is 60.1 Å². The van der Waals surface area contributed by atoms with Crippen LogP contribution in [0, 0.1) is 0 Å². The first-order valence-electron chi connectivity index (χ1n) is 2.24. The van der Waals surface area contributed by atoms with E-state index in [9.17, 15) is 0 Å². The quantitative estimate of drug-likeness (QED) is 0.293. The number of nitrogens with two attached hydrogens (primary N) is 1. The highest BCUT2D eigenvalue weighted by Gasteiger charge is 1.93. The summed E-state index contributed by atoms with van der Waals surface area (Å²) in [6.07, 6.45) is 0. The predicted octanol–water partition coefficient (Wildman–Crippen LogP) is -0.626. The first-order valence-corrected chi connectivity index (χ1v) is 6.46. The van der Waals surface area contributed by atoms with Crippen LogP contribution in [0.25, 0.3) is 0 Å². The number of rotatable bonds is 5. The molecule has 0 aromatic carbocycles. The minimum Gasteiger partial charge on any atom is -0.283 e. The Kier molecular flexibility index (Phi) is 8.07. The van der Waals surface area contributed by atoms with Gasteiger partial charge in [-0.15, -0.1) is 0 Å². The van der Waals surface area contributed by atoms with E-state index in [0.29, 0.717) is 8.42 Å². The maximum absolute atomic E-state index is 5.48. The molecule has 0 rings (SSSR count). The zero-order valence-electron chi connectivity index (χ0n) is 5.10. The van der Waals surface area contributed by atoms with E-state index in [-0.39, 0.29) is 0 Å². The molecular weight excluding hydrogens is 175 g/mol. The molecule has 0 spiro atoms. The summed E-state index contributed by atoms with van der Waals surface area (Å²) in [6.45, 7) is 0. The van der Waals surface area contributed by atoms with Gasteiger partial charge in [0.25, 0.3) is 0 Å². The van der Waals surface area contributed by atoms with Crippen molar-refractivity contribution >= 4 is 25.7 Å². The Hall–Kier alpha value is 1.09. The van der Waals surface area contributed by atoms with Gasteiger partial charge in [-0.1, -0.05) is 8.93 Å². The van der Waals surface area contributed by atoms with E-state index in [0.717, 1.165) is 0 Å². The maximum Gasteiger partial charge on any atom is 0.137 e. The average molecular weight is 187 g/mol. The van der Waals surface area contributed by atoms with Crippen LogP contribution in [0.4, 0.5) is 0 Å². The van der Waals surface area contributed by atoms with E-state index in [1.54, 1.807) is 7.05 Å². The molecule has 0 aliphatic carbocycles. The predicted molar refractivity (Wildman–Crippen MR) is 47.6 cm³/mol. The van der Waals surface area contributed by atoms with Crippen molar-refractivity contribution in [1.29, 1.82) is 0 Å². The molecule has 0 radical (unpaired) electrons. The van der Waals surface area contributed by atoms with E-state index in [2.05, 4.69) is 29.9 Å². The van der Waals surface area contributed by atoms with Crippen molar-refractivity contribution < 1.29 is 0 Å². The molecule has 0 bridgehead atoms.